The Hall–Kier alpha value is -3.02. The molecule has 0 aliphatic heterocycles. The molecule has 2 heterocycles. The van der Waals surface area contributed by atoms with E-state index in [0.717, 1.165) is 17.8 Å². The van der Waals surface area contributed by atoms with Gasteiger partial charge in [-0.15, -0.1) is 5.10 Å². The number of amides is 1. The maximum Gasteiger partial charge on any atom is 0.278 e. The molecule has 116 valence electrons. The number of hydrogen-bond donors (Lipinski definition) is 1. The smallest absolute Gasteiger partial charge is 0.278 e. The van der Waals surface area contributed by atoms with Gasteiger partial charge in [-0.2, -0.15) is 0 Å². The summed E-state index contributed by atoms with van der Waals surface area (Å²) in [6.45, 7) is 1.81. The van der Waals surface area contributed by atoms with Crippen molar-refractivity contribution in [3.05, 3.63) is 71.3 Å². The van der Waals surface area contributed by atoms with Gasteiger partial charge < -0.3 is 5.32 Å². The molecule has 0 aliphatic rings. The van der Waals surface area contributed by atoms with Crippen molar-refractivity contribution in [2.45, 2.75) is 13.3 Å². The van der Waals surface area contributed by atoms with Crippen molar-refractivity contribution >= 4 is 11.6 Å². The number of nitrogens with zero attached hydrogens (tertiary/aromatic N) is 4. The Morgan fingerprint density at radius 1 is 1.09 bits per heavy atom. The van der Waals surface area contributed by atoms with Gasteiger partial charge in [0, 0.05) is 25.1 Å². The van der Waals surface area contributed by atoms with Crippen LogP contribution in [0.3, 0.4) is 0 Å². The maximum absolute atomic E-state index is 12.2. The summed E-state index contributed by atoms with van der Waals surface area (Å²) in [6.07, 6.45) is 4.40. The predicted molar refractivity (Wildman–Crippen MR) is 87.2 cm³/mol. The Morgan fingerprint density at radius 3 is 2.35 bits per heavy atom. The monoisotopic (exact) mass is 307 g/mol. The van der Waals surface area contributed by atoms with E-state index in [0.29, 0.717) is 5.69 Å². The molecule has 0 saturated carbocycles. The van der Waals surface area contributed by atoms with Crippen molar-refractivity contribution in [3.63, 3.8) is 0 Å². The topological polar surface area (TPSA) is 72.7 Å². The molecule has 3 aromatic rings. The molecule has 0 bridgehead atoms. The van der Waals surface area contributed by atoms with Crippen LogP contribution >= 0.6 is 0 Å². The third-order valence-electron chi connectivity index (χ3n) is 3.69. The summed E-state index contributed by atoms with van der Waals surface area (Å²) in [7, 11) is 1.76. The van der Waals surface area contributed by atoms with Crippen molar-refractivity contribution in [2.75, 3.05) is 5.32 Å². The summed E-state index contributed by atoms with van der Waals surface area (Å²) in [5, 5.41) is 10.6. The molecule has 0 fully saturated rings. The minimum absolute atomic E-state index is 0.252. The molecule has 6 nitrogen and oxygen atoms in total. The van der Waals surface area contributed by atoms with Gasteiger partial charge in [0.05, 0.1) is 5.69 Å². The van der Waals surface area contributed by atoms with Crippen molar-refractivity contribution in [3.8, 4) is 0 Å². The number of nitrogens with one attached hydrogen (secondary N) is 1. The lowest BCUT2D eigenvalue weighted by molar-refractivity contribution is 0.102. The third kappa shape index (κ3) is 3.42. The Morgan fingerprint density at radius 2 is 1.74 bits per heavy atom. The molecule has 23 heavy (non-hydrogen) atoms. The van der Waals surface area contributed by atoms with E-state index in [4.69, 9.17) is 0 Å². The van der Waals surface area contributed by atoms with Crippen LogP contribution in [0.4, 0.5) is 5.69 Å². The molecule has 0 atom stereocenters. The van der Waals surface area contributed by atoms with E-state index in [1.54, 1.807) is 24.1 Å². The Bertz CT molecular complexity index is 809. The average molecular weight is 307 g/mol. The van der Waals surface area contributed by atoms with E-state index in [-0.39, 0.29) is 5.91 Å². The molecule has 6 heteroatoms. The third-order valence-corrected chi connectivity index (χ3v) is 3.69. The molecule has 0 spiro atoms. The second kappa shape index (κ2) is 6.39. The van der Waals surface area contributed by atoms with Crippen LogP contribution < -0.4 is 5.32 Å². The summed E-state index contributed by atoms with van der Waals surface area (Å²) >= 11 is 0. The molecule has 0 saturated heterocycles. The van der Waals surface area contributed by atoms with Gasteiger partial charge >= 0.3 is 0 Å². The minimum atomic E-state index is -0.252. The zero-order valence-corrected chi connectivity index (χ0v) is 13.0. The van der Waals surface area contributed by atoms with Crippen LogP contribution in [-0.2, 0) is 13.5 Å². The first-order valence-corrected chi connectivity index (χ1v) is 7.29. The van der Waals surface area contributed by atoms with E-state index >= 15 is 0 Å². The van der Waals surface area contributed by atoms with Crippen LogP contribution in [0.1, 0.15) is 27.3 Å². The first kappa shape index (κ1) is 14.9. The Labute approximate surface area is 134 Å². The van der Waals surface area contributed by atoms with Gasteiger partial charge in [-0.1, -0.05) is 17.3 Å². The van der Waals surface area contributed by atoms with Crippen LogP contribution in [0, 0.1) is 6.92 Å². The molecule has 2 aromatic heterocycles. The van der Waals surface area contributed by atoms with E-state index in [1.807, 2.05) is 43.3 Å². The molecular formula is C17H17N5O. The maximum atomic E-state index is 12.2. The quantitative estimate of drug-likeness (QED) is 0.803. The molecule has 1 aromatic carbocycles. The number of carbonyl (C=O) groups excluding carboxylic acids is 1. The van der Waals surface area contributed by atoms with Gasteiger partial charge in [0.15, 0.2) is 5.69 Å². The molecule has 1 N–H and O–H groups in total. The number of hydrogen-bond acceptors (Lipinski definition) is 4. The molecule has 0 aliphatic carbocycles. The Kier molecular flexibility index (Phi) is 4.14. The normalized spacial score (nSPS) is 10.5. The summed E-state index contributed by atoms with van der Waals surface area (Å²) in [5.74, 6) is -0.252. The highest BCUT2D eigenvalue weighted by molar-refractivity contribution is 6.03. The van der Waals surface area contributed by atoms with Gasteiger partial charge in [0.1, 0.15) is 0 Å². The van der Waals surface area contributed by atoms with Gasteiger partial charge in [0.25, 0.3) is 5.91 Å². The fourth-order valence-electron chi connectivity index (χ4n) is 2.25. The SMILES string of the molecule is Cc1c(C(=O)Nc2ccc(Cc3ccncc3)cc2)nnn1C. The predicted octanol–water partition coefficient (Wildman–Crippen LogP) is 2.36. The number of carbonyl (C=O) groups is 1. The van der Waals surface area contributed by atoms with Crippen molar-refractivity contribution < 1.29 is 4.79 Å². The second-order valence-corrected chi connectivity index (χ2v) is 5.33. The number of aryl methyl sites for hydroxylation is 1. The second-order valence-electron chi connectivity index (χ2n) is 5.33. The van der Waals surface area contributed by atoms with Crippen LogP contribution in [0.5, 0.6) is 0 Å². The van der Waals surface area contributed by atoms with Gasteiger partial charge in [0.2, 0.25) is 0 Å². The first-order chi connectivity index (χ1) is 11.1. The highest BCUT2D eigenvalue weighted by atomic mass is 16.2. The lowest BCUT2D eigenvalue weighted by Gasteiger charge is -2.06. The molecule has 1 amide bonds. The van der Waals surface area contributed by atoms with E-state index in [9.17, 15) is 4.79 Å². The van der Waals surface area contributed by atoms with Crippen LogP contribution in [0.2, 0.25) is 0 Å². The summed E-state index contributed by atoms with van der Waals surface area (Å²) in [6, 6.07) is 11.8. The largest absolute Gasteiger partial charge is 0.321 e. The highest BCUT2D eigenvalue weighted by Gasteiger charge is 2.14. The fourth-order valence-corrected chi connectivity index (χ4v) is 2.25. The molecule has 3 rings (SSSR count). The van der Waals surface area contributed by atoms with Gasteiger partial charge in [-0.05, 0) is 48.7 Å². The van der Waals surface area contributed by atoms with Crippen molar-refractivity contribution in [2.24, 2.45) is 7.05 Å². The zero-order chi connectivity index (χ0) is 16.2. The number of benzene rings is 1. The van der Waals surface area contributed by atoms with Gasteiger partial charge in [-0.3, -0.25) is 14.5 Å². The zero-order valence-electron chi connectivity index (χ0n) is 13.0. The lowest BCUT2D eigenvalue weighted by Crippen LogP contribution is -2.14. The number of rotatable bonds is 4. The summed E-state index contributed by atoms with van der Waals surface area (Å²) in [5.41, 5.74) is 4.18. The van der Waals surface area contributed by atoms with Gasteiger partial charge in [-0.25, -0.2) is 0 Å². The standard InChI is InChI=1S/C17H17N5O/c1-12-16(20-21-22(12)2)17(23)19-15-5-3-13(4-6-15)11-14-7-9-18-10-8-14/h3-10H,11H2,1-2H3,(H,19,23). The molecular weight excluding hydrogens is 290 g/mol. The van der Waals surface area contributed by atoms with Crippen LogP contribution in [0.15, 0.2) is 48.8 Å². The van der Waals surface area contributed by atoms with E-state index in [2.05, 4.69) is 20.6 Å². The van der Waals surface area contributed by atoms with Crippen LogP contribution in [0.25, 0.3) is 0 Å². The average Bonchev–Trinajstić information content (AvgIpc) is 2.90. The van der Waals surface area contributed by atoms with E-state index in [1.165, 1.54) is 11.1 Å². The highest BCUT2D eigenvalue weighted by Crippen LogP contribution is 2.14. The summed E-state index contributed by atoms with van der Waals surface area (Å²) < 4.78 is 1.58. The van der Waals surface area contributed by atoms with Crippen LogP contribution in [-0.4, -0.2) is 25.9 Å². The minimum Gasteiger partial charge on any atom is -0.321 e. The molecule has 0 radical (unpaired) electrons. The number of anilines is 1. The van der Waals surface area contributed by atoms with E-state index < -0.39 is 0 Å². The van der Waals surface area contributed by atoms with Crippen molar-refractivity contribution in [1.82, 2.24) is 20.0 Å². The lowest BCUT2D eigenvalue weighted by atomic mass is 10.1. The molecule has 0 unspecified atom stereocenters. The number of pyridine rings is 1. The fraction of sp³-hybridized carbons (Fsp3) is 0.176. The van der Waals surface area contributed by atoms with Crippen molar-refractivity contribution in [1.29, 1.82) is 0 Å². The Balaban J connectivity index is 1.68. The first-order valence-electron chi connectivity index (χ1n) is 7.29. The number of aromatic nitrogens is 4. The summed E-state index contributed by atoms with van der Waals surface area (Å²) in [4.78, 5) is 16.2.